The molecular formula is C22H26N4O2. The first-order chi connectivity index (χ1) is 13.6. The lowest BCUT2D eigenvalue weighted by molar-refractivity contribution is -0.121. The molecule has 0 aromatic heterocycles. The summed E-state index contributed by atoms with van der Waals surface area (Å²) >= 11 is 0. The second-order valence-corrected chi connectivity index (χ2v) is 6.98. The summed E-state index contributed by atoms with van der Waals surface area (Å²) in [6.45, 7) is 6.32. The molecule has 1 aliphatic rings. The molecule has 0 aliphatic carbocycles. The Hall–Kier alpha value is -2.88. The summed E-state index contributed by atoms with van der Waals surface area (Å²) in [4.78, 5) is 17.2. The predicted octanol–water partition coefficient (Wildman–Crippen LogP) is 2.71. The number of hydrogen-bond acceptors (Lipinski definition) is 5. The molecule has 0 radical (unpaired) electrons. The zero-order valence-electron chi connectivity index (χ0n) is 16.4. The minimum Gasteiger partial charge on any atom is -0.497 e. The third-order valence-corrected chi connectivity index (χ3v) is 5.20. The average molecular weight is 378 g/mol. The molecular weight excluding hydrogens is 352 g/mol. The number of rotatable bonds is 6. The molecule has 0 unspecified atom stereocenters. The molecule has 1 heterocycles. The number of para-hydroxylation sites is 1. The number of nitrogens with zero attached hydrogens (tertiary/aromatic N) is 3. The van der Waals surface area contributed by atoms with Gasteiger partial charge in [-0.05, 0) is 36.8 Å². The van der Waals surface area contributed by atoms with Crippen LogP contribution in [0.2, 0.25) is 0 Å². The van der Waals surface area contributed by atoms with Gasteiger partial charge in [-0.15, -0.1) is 0 Å². The van der Waals surface area contributed by atoms with E-state index >= 15 is 0 Å². The van der Waals surface area contributed by atoms with Crippen molar-refractivity contribution in [2.24, 2.45) is 0 Å². The van der Waals surface area contributed by atoms with Crippen molar-refractivity contribution in [3.63, 3.8) is 0 Å². The summed E-state index contributed by atoms with van der Waals surface area (Å²) < 4.78 is 5.20. The Morgan fingerprint density at radius 3 is 2.46 bits per heavy atom. The molecule has 2 aromatic carbocycles. The smallest absolute Gasteiger partial charge is 0.241 e. The summed E-state index contributed by atoms with van der Waals surface area (Å²) in [5, 5.41) is 12.1. The van der Waals surface area contributed by atoms with Crippen LogP contribution in [0, 0.1) is 11.3 Å². The van der Waals surface area contributed by atoms with Gasteiger partial charge in [0.2, 0.25) is 5.91 Å². The number of nitrogens with one attached hydrogen (secondary N) is 1. The van der Waals surface area contributed by atoms with Gasteiger partial charge in [0.1, 0.15) is 11.8 Å². The summed E-state index contributed by atoms with van der Waals surface area (Å²) in [5.41, 5.74) is 2.31. The van der Waals surface area contributed by atoms with Gasteiger partial charge in [0, 0.05) is 32.7 Å². The number of carbonyl (C=O) groups excluding carboxylic acids is 1. The molecule has 1 fully saturated rings. The van der Waals surface area contributed by atoms with Crippen molar-refractivity contribution < 1.29 is 9.53 Å². The number of ether oxygens (including phenoxy) is 1. The minimum atomic E-state index is -0.241. The predicted molar refractivity (Wildman–Crippen MR) is 109 cm³/mol. The molecule has 1 atom stereocenters. The van der Waals surface area contributed by atoms with E-state index in [4.69, 9.17) is 4.74 Å². The van der Waals surface area contributed by atoms with Crippen molar-refractivity contribution >= 4 is 11.6 Å². The molecule has 28 heavy (non-hydrogen) atoms. The Morgan fingerprint density at radius 1 is 1.14 bits per heavy atom. The van der Waals surface area contributed by atoms with Gasteiger partial charge in [-0.1, -0.05) is 24.3 Å². The van der Waals surface area contributed by atoms with E-state index in [0.717, 1.165) is 38.5 Å². The molecule has 1 saturated heterocycles. The van der Waals surface area contributed by atoms with E-state index in [9.17, 15) is 10.1 Å². The maximum Gasteiger partial charge on any atom is 0.241 e. The Balaban J connectivity index is 1.50. The van der Waals surface area contributed by atoms with E-state index < -0.39 is 0 Å². The molecule has 0 spiro atoms. The van der Waals surface area contributed by atoms with Crippen LogP contribution in [0.3, 0.4) is 0 Å². The number of carbonyl (C=O) groups is 1. The highest BCUT2D eigenvalue weighted by Crippen LogP contribution is 2.17. The van der Waals surface area contributed by atoms with Crippen LogP contribution in [0.4, 0.5) is 5.69 Å². The molecule has 3 rings (SSSR count). The SMILES string of the molecule is COc1ccc(CN2CCN([C@@H](C)C(=O)Nc3ccccc3C#N)CC2)cc1. The molecule has 0 bridgehead atoms. The monoisotopic (exact) mass is 378 g/mol. The number of amides is 1. The van der Waals surface area contributed by atoms with E-state index in [1.54, 1.807) is 25.3 Å². The van der Waals surface area contributed by atoms with Crippen LogP contribution < -0.4 is 10.1 Å². The molecule has 146 valence electrons. The van der Waals surface area contributed by atoms with E-state index in [1.165, 1.54) is 5.56 Å². The number of nitriles is 1. The molecule has 2 aromatic rings. The Bertz CT molecular complexity index is 836. The van der Waals surface area contributed by atoms with Gasteiger partial charge < -0.3 is 10.1 Å². The van der Waals surface area contributed by atoms with Crippen LogP contribution >= 0.6 is 0 Å². The number of benzene rings is 2. The zero-order valence-corrected chi connectivity index (χ0v) is 16.4. The van der Waals surface area contributed by atoms with Gasteiger partial charge in [0.25, 0.3) is 0 Å². The van der Waals surface area contributed by atoms with Gasteiger partial charge in [-0.2, -0.15) is 5.26 Å². The number of methoxy groups -OCH3 is 1. The molecule has 6 nitrogen and oxygen atoms in total. The second-order valence-electron chi connectivity index (χ2n) is 6.98. The Morgan fingerprint density at radius 2 is 1.82 bits per heavy atom. The summed E-state index contributed by atoms with van der Waals surface area (Å²) in [7, 11) is 1.67. The van der Waals surface area contributed by atoms with Crippen LogP contribution in [-0.4, -0.2) is 55.0 Å². The van der Waals surface area contributed by atoms with E-state index in [-0.39, 0.29) is 11.9 Å². The average Bonchev–Trinajstić information content (AvgIpc) is 2.74. The molecule has 1 amide bonds. The maximum atomic E-state index is 12.6. The van der Waals surface area contributed by atoms with Gasteiger partial charge in [0.05, 0.1) is 24.4 Å². The quantitative estimate of drug-likeness (QED) is 0.837. The van der Waals surface area contributed by atoms with Gasteiger partial charge in [0.15, 0.2) is 0 Å². The summed E-state index contributed by atoms with van der Waals surface area (Å²) in [6, 6.07) is 17.1. The summed E-state index contributed by atoms with van der Waals surface area (Å²) in [6.07, 6.45) is 0. The van der Waals surface area contributed by atoms with Gasteiger partial charge in [-0.25, -0.2) is 0 Å². The molecule has 6 heteroatoms. The van der Waals surface area contributed by atoms with Gasteiger partial charge >= 0.3 is 0 Å². The van der Waals surface area contributed by atoms with Crippen LogP contribution in [0.5, 0.6) is 5.75 Å². The fraction of sp³-hybridized carbons (Fsp3) is 0.364. The first-order valence-electron chi connectivity index (χ1n) is 9.50. The fourth-order valence-electron chi connectivity index (χ4n) is 3.39. The second kappa shape index (κ2) is 9.36. The number of hydrogen-bond donors (Lipinski definition) is 1. The highest BCUT2D eigenvalue weighted by Gasteiger charge is 2.26. The first-order valence-corrected chi connectivity index (χ1v) is 9.50. The van der Waals surface area contributed by atoms with Crippen LogP contribution in [-0.2, 0) is 11.3 Å². The normalized spacial score (nSPS) is 16.2. The van der Waals surface area contributed by atoms with Crippen molar-refractivity contribution in [3.05, 3.63) is 59.7 Å². The van der Waals surface area contributed by atoms with E-state index in [1.807, 2.05) is 25.1 Å². The molecule has 0 saturated carbocycles. The van der Waals surface area contributed by atoms with E-state index in [0.29, 0.717) is 11.3 Å². The van der Waals surface area contributed by atoms with Crippen molar-refractivity contribution in [3.8, 4) is 11.8 Å². The third kappa shape index (κ3) is 4.89. The minimum absolute atomic E-state index is 0.0775. The molecule has 1 N–H and O–H groups in total. The largest absolute Gasteiger partial charge is 0.497 e. The van der Waals surface area contributed by atoms with Crippen molar-refractivity contribution in [1.29, 1.82) is 5.26 Å². The summed E-state index contributed by atoms with van der Waals surface area (Å²) in [5.74, 6) is 0.790. The Labute approximate surface area is 166 Å². The lowest BCUT2D eigenvalue weighted by Gasteiger charge is -2.37. The van der Waals surface area contributed by atoms with Crippen molar-refractivity contribution in [2.45, 2.75) is 19.5 Å². The van der Waals surface area contributed by atoms with E-state index in [2.05, 4.69) is 33.3 Å². The number of piperazine rings is 1. The van der Waals surface area contributed by atoms with Gasteiger partial charge in [-0.3, -0.25) is 14.6 Å². The number of anilines is 1. The fourth-order valence-corrected chi connectivity index (χ4v) is 3.39. The topological polar surface area (TPSA) is 68.6 Å². The maximum absolute atomic E-state index is 12.6. The van der Waals surface area contributed by atoms with Crippen LogP contribution in [0.25, 0.3) is 0 Å². The highest BCUT2D eigenvalue weighted by molar-refractivity contribution is 5.95. The van der Waals surface area contributed by atoms with Crippen LogP contribution in [0.15, 0.2) is 48.5 Å². The lowest BCUT2D eigenvalue weighted by atomic mass is 10.1. The lowest BCUT2D eigenvalue weighted by Crippen LogP contribution is -2.52. The molecule has 1 aliphatic heterocycles. The highest BCUT2D eigenvalue weighted by atomic mass is 16.5. The first kappa shape index (κ1) is 19.9. The Kier molecular flexibility index (Phi) is 6.64. The third-order valence-electron chi connectivity index (χ3n) is 5.20. The van der Waals surface area contributed by atoms with Crippen molar-refractivity contribution in [1.82, 2.24) is 9.80 Å². The van der Waals surface area contributed by atoms with Crippen LogP contribution in [0.1, 0.15) is 18.1 Å². The standard InChI is InChI=1S/C22H26N4O2/c1-17(22(27)24-21-6-4-3-5-19(21)15-23)26-13-11-25(12-14-26)16-18-7-9-20(28-2)10-8-18/h3-10,17H,11-14,16H2,1-2H3,(H,24,27)/t17-/m0/s1. The zero-order chi connectivity index (χ0) is 19.9. The van der Waals surface area contributed by atoms with Crippen molar-refractivity contribution in [2.75, 3.05) is 38.6 Å².